The van der Waals surface area contributed by atoms with E-state index in [0.29, 0.717) is 5.75 Å². The van der Waals surface area contributed by atoms with Gasteiger partial charge in [-0.3, -0.25) is 0 Å². The highest BCUT2D eigenvalue weighted by molar-refractivity contribution is 7.99. The van der Waals surface area contributed by atoms with Crippen LogP contribution in [0.25, 0.3) is 0 Å². The Morgan fingerprint density at radius 3 is 1.73 bits per heavy atom. The molecule has 0 heterocycles. The summed E-state index contributed by atoms with van der Waals surface area (Å²) >= 11 is 5.77. The van der Waals surface area contributed by atoms with Crippen molar-refractivity contribution in [2.75, 3.05) is 24.9 Å². The van der Waals surface area contributed by atoms with Gasteiger partial charge in [-0.1, -0.05) is 46.7 Å². The van der Waals surface area contributed by atoms with Crippen molar-refractivity contribution in [3.05, 3.63) is 0 Å². The molecule has 0 aromatic heterocycles. The maximum absolute atomic E-state index is 4.57. The van der Waals surface area contributed by atoms with Gasteiger partial charge in [0.1, 0.15) is 7.11 Å². The van der Waals surface area contributed by atoms with Gasteiger partial charge in [0, 0.05) is 11.5 Å². The number of rotatable bonds is 4. The standard InChI is InChI=1S/C5H11NOS2.3C2H6/c1-7-6-5(3-8)4-9-2;3*1-2/h8H,3-4H2,1-2H3;3*1-2H3/b6-5-;;;. The molecule has 0 amide bonds. The second-order valence-corrected chi connectivity index (χ2v) is 2.61. The van der Waals surface area contributed by atoms with Crippen LogP contribution in [0.4, 0.5) is 0 Å². The normalized spacial score (nSPS) is 8.20. The van der Waals surface area contributed by atoms with E-state index in [1.807, 2.05) is 47.8 Å². The van der Waals surface area contributed by atoms with Gasteiger partial charge in [-0.15, -0.1) is 0 Å². The van der Waals surface area contributed by atoms with E-state index in [2.05, 4.69) is 22.6 Å². The van der Waals surface area contributed by atoms with Crippen LogP contribution in [0.3, 0.4) is 0 Å². The van der Waals surface area contributed by atoms with Crippen LogP contribution in [-0.2, 0) is 4.84 Å². The second-order valence-electron chi connectivity index (χ2n) is 1.43. The lowest BCUT2D eigenvalue weighted by Gasteiger charge is -1.96. The minimum atomic E-state index is 0.675. The Kier molecular flexibility index (Phi) is 59.9. The summed E-state index contributed by atoms with van der Waals surface area (Å²) < 4.78 is 0. The average molecular weight is 255 g/mol. The summed E-state index contributed by atoms with van der Waals surface area (Å²) in [7, 11) is 1.55. The van der Waals surface area contributed by atoms with Gasteiger partial charge in [-0.2, -0.15) is 24.4 Å². The van der Waals surface area contributed by atoms with E-state index in [0.717, 1.165) is 11.5 Å². The van der Waals surface area contributed by atoms with Crippen LogP contribution in [0.15, 0.2) is 5.16 Å². The lowest BCUT2D eigenvalue weighted by Crippen LogP contribution is -2.03. The molecule has 0 aromatic carbocycles. The largest absolute Gasteiger partial charge is 0.399 e. The van der Waals surface area contributed by atoms with Crippen LogP contribution in [0.2, 0.25) is 0 Å². The smallest absolute Gasteiger partial charge is 0.106 e. The van der Waals surface area contributed by atoms with Crippen molar-refractivity contribution in [1.82, 2.24) is 0 Å². The lowest BCUT2D eigenvalue weighted by molar-refractivity contribution is 0.213. The van der Waals surface area contributed by atoms with Gasteiger partial charge in [-0.25, -0.2) is 0 Å². The average Bonchev–Trinajstić information content (AvgIpc) is 2.36. The minimum absolute atomic E-state index is 0.675. The molecule has 0 unspecified atom stereocenters. The van der Waals surface area contributed by atoms with Crippen molar-refractivity contribution in [2.24, 2.45) is 5.16 Å². The van der Waals surface area contributed by atoms with Gasteiger partial charge in [-0.05, 0) is 6.26 Å². The minimum Gasteiger partial charge on any atom is -0.399 e. The van der Waals surface area contributed by atoms with E-state index >= 15 is 0 Å². The van der Waals surface area contributed by atoms with E-state index in [1.54, 1.807) is 18.9 Å². The monoisotopic (exact) mass is 255 g/mol. The number of thiol groups is 1. The molecule has 0 fully saturated rings. The van der Waals surface area contributed by atoms with Crippen LogP contribution >= 0.6 is 24.4 Å². The van der Waals surface area contributed by atoms with E-state index in [1.165, 1.54) is 0 Å². The molecule has 0 spiro atoms. The van der Waals surface area contributed by atoms with Crippen LogP contribution in [0.5, 0.6) is 0 Å². The van der Waals surface area contributed by atoms with Gasteiger partial charge in [0.25, 0.3) is 0 Å². The molecule has 0 atom stereocenters. The zero-order chi connectivity index (χ0) is 13.1. The zero-order valence-electron chi connectivity index (χ0n) is 11.6. The summed E-state index contributed by atoms with van der Waals surface area (Å²) in [5.41, 5.74) is 0.980. The molecule has 96 valence electrons. The third-order valence-electron chi connectivity index (χ3n) is 0.714. The van der Waals surface area contributed by atoms with Crippen molar-refractivity contribution in [2.45, 2.75) is 41.5 Å². The predicted molar refractivity (Wildman–Crippen MR) is 80.7 cm³/mol. The summed E-state index contributed by atoms with van der Waals surface area (Å²) in [5, 5.41) is 3.75. The molecule has 15 heavy (non-hydrogen) atoms. The first kappa shape index (κ1) is 24.4. The van der Waals surface area contributed by atoms with Gasteiger partial charge in [0.05, 0.1) is 5.71 Å². The van der Waals surface area contributed by atoms with Crippen molar-refractivity contribution in [3.63, 3.8) is 0 Å². The molecule has 0 aromatic rings. The zero-order valence-corrected chi connectivity index (χ0v) is 13.3. The highest BCUT2D eigenvalue weighted by Gasteiger charge is 1.93. The Labute approximate surface area is 107 Å². The fraction of sp³-hybridized carbons (Fsp3) is 0.909. The lowest BCUT2D eigenvalue weighted by atomic mass is 10.5. The Morgan fingerprint density at radius 1 is 1.13 bits per heavy atom. The summed E-state index contributed by atoms with van der Waals surface area (Å²) in [4.78, 5) is 4.57. The van der Waals surface area contributed by atoms with Crippen molar-refractivity contribution >= 4 is 30.1 Å². The molecule has 0 saturated carbocycles. The van der Waals surface area contributed by atoms with Crippen molar-refractivity contribution in [1.29, 1.82) is 0 Å². The van der Waals surface area contributed by atoms with Gasteiger partial charge < -0.3 is 4.84 Å². The number of thioether (sulfide) groups is 1. The molecular weight excluding hydrogens is 226 g/mol. The fourth-order valence-corrected chi connectivity index (χ4v) is 1.21. The molecule has 2 nitrogen and oxygen atoms in total. The van der Waals surface area contributed by atoms with Gasteiger partial charge in [0.15, 0.2) is 0 Å². The SMILES string of the molecule is CC.CC.CC.CO/N=C(/CS)CSC. The Hall–Kier alpha value is 0.170. The number of nitrogens with zero attached hydrogens (tertiary/aromatic N) is 1. The Bertz CT molecular complexity index is 98.6. The summed E-state index contributed by atoms with van der Waals surface area (Å²) in [5.74, 6) is 1.58. The van der Waals surface area contributed by atoms with Crippen LogP contribution in [0, 0.1) is 0 Å². The molecule has 0 saturated heterocycles. The highest BCUT2D eigenvalue weighted by atomic mass is 32.2. The van der Waals surface area contributed by atoms with Gasteiger partial charge >= 0.3 is 0 Å². The van der Waals surface area contributed by atoms with Crippen molar-refractivity contribution < 1.29 is 4.84 Å². The molecule has 0 aliphatic heterocycles. The summed E-state index contributed by atoms with van der Waals surface area (Å²) in [6, 6.07) is 0. The number of oxime groups is 1. The highest BCUT2D eigenvalue weighted by Crippen LogP contribution is 1.95. The molecule has 4 heteroatoms. The molecule has 0 aliphatic rings. The maximum Gasteiger partial charge on any atom is 0.106 e. The predicted octanol–water partition coefficient (Wildman–Crippen LogP) is 4.36. The van der Waals surface area contributed by atoms with Crippen LogP contribution in [-0.4, -0.2) is 30.6 Å². The molecule has 0 radical (unpaired) electrons. The molecule has 0 N–H and O–H groups in total. The first-order chi connectivity index (χ1) is 7.35. The molecule has 0 bridgehead atoms. The third kappa shape index (κ3) is 31.4. The third-order valence-corrected chi connectivity index (χ3v) is 1.70. The molecule has 0 rings (SSSR count). The van der Waals surface area contributed by atoms with Crippen molar-refractivity contribution in [3.8, 4) is 0 Å². The number of hydrogen-bond acceptors (Lipinski definition) is 4. The first-order valence-corrected chi connectivity index (χ1v) is 7.56. The number of hydrogen-bond donors (Lipinski definition) is 1. The summed E-state index contributed by atoms with van der Waals surface area (Å²) in [6.07, 6.45) is 2.02. The van der Waals surface area contributed by atoms with E-state index < -0.39 is 0 Å². The Balaban J connectivity index is -0.0000000860. The topological polar surface area (TPSA) is 21.6 Å². The van der Waals surface area contributed by atoms with E-state index in [9.17, 15) is 0 Å². The maximum atomic E-state index is 4.57. The van der Waals surface area contributed by atoms with Crippen LogP contribution < -0.4 is 0 Å². The molecule has 0 aliphatic carbocycles. The summed E-state index contributed by atoms with van der Waals surface area (Å²) in [6.45, 7) is 12.0. The van der Waals surface area contributed by atoms with Crippen LogP contribution in [0.1, 0.15) is 41.5 Å². The quantitative estimate of drug-likeness (QED) is 0.458. The van der Waals surface area contributed by atoms with E-state index in [4.69, 9.17) is 0 Å². The Morgan fingerprint density at radius 2 is 1.53 bits per heavy atom. The molecular formula is C11H29NOS2. The first-order valence-electron chi connectivity index (χ1n) is 5.53. The van der Waals surface area contributed by atoms with E-state index in [-0.39, 0.29) is 0 Å². The second kappa shape index (κ2) is 36.8. The van der Waals surface area contributed by atoms with Gasteiger partial charge in [0.2, 0.25) is 0 Å². The fourth-order valence-electron chi connectivity index (χ4n) is 0.397.